The second kappa shape index (κ2) is 7.13. The zero-order valence-corrected chi connectivity index (χ0v) is 15.9. The maximum Gasteiger partial charge on any atom is 0.274 e. The summed E-state index contributed by atoms with van der Waals surface area (Å²) in [6.07, 6.45) is 1.02. The number of rotatable bonds is 3. The van der Waals surface area contributed by atoms with Gasteiger partial charge in [0.2, 0.25) is 0 Å². The minimum absolute atomic E-state index is 0.169. The number of pyridine rings is 1. The van der Waals surface area contributed by atoms with Crippen LogP contribution in [-0.2, 0) is 10.3 Å². The second-order valence-corrected chi connectivity index (χ2v) is 7.29. The molecule has 0 fully saturated rings. The number of aliphatic imine (C=N–C) groups is 1. The average Bonchev–Trinajstić information content (AvgIpc) is 2.53. The maximum absolute atomic E-state index is 13.2. The fraction of sp³-hybridized carbons (Fsp3) is 0.278. The monoisotopic (exact) mass is 420 g/mol. The van der Waals surface area contributed by atoms with Crippen molar-refractivity contribution in [2.45, 2.75) is 19.4 Å². The number of hydrogen-bond acceptors (Lipinski definition) is 5. The van der Waals surface area contributed by atoms with E-state index in [0.717, 1.165) is 16.2 Å². The highest BCUT2D eigenvalue weighted by Crippen LogP contribution is 2.32. The number of hydrogen-bond donors (Lipinski definition) is 2. The van der Waals surface area contributed by atoms with Crippen LogP contribution in [0.25, 0.3) is 0 Å². The summed E-state index contributed by atoms with van der Waals surface area (Å²) in [6.45, 7) is 4.24. The van der Waals surface area contributed by atoms with Crippen LogP contribution in [0.4, 0.5) is 10.1 Å². The fourth-order valence-corrected chi connectivity index (χ4v) is 3.32. The Labute approximate surface area is 158 Å². The van der Waals surface area contributed by atoms with E-state index in [9.17, 15) is 9.18 Å². The van der Waals surface area contributed by atoms with E-state index in [-0.39, 0.29) is 5.69 Å². The van der Waals surface area contributed by atoms with Crippen molar-refractivity contribution in [3.8, 4) is 0 Å². The summed E-state index contributed by atoms with van der Waals surface area (Å²) >= 11 is 3.45. The SMILES string of the molecule is Cc1cc(F)cnc1C(=O)Nc1cc(Br)cc([C@]2(C)COCC(N)=N2)c1. The number of amides is 1. The van der Waals surface area contributed by atoms with Gasteiger partial charge in [0.25, 0.3) is 5.91 Å². The van der Waals surface area contributed by atoms with E-state index in [2.05, 4.69) is 31.2 Å². The van der Waals surface area contributed by atoms with E-state index in [1.807, 2.05) is 19.1 Å². The first-order chi connectivity index (χ1) is 12.3. The van der Waals surface area contributed by atoms with Gasteiger partial charge in [0.05, 0.1) is 12.8 Å². The molecule has 3 rings (SSSR count). The average molecular weight is 421 g/mol. The number of benzene rings is 1. The van der Waals surface area contributed by atoms with Crippen molar-refractivity contribution in [1.82, 2.24) is 4.98 Å². The van der Waals surface area contributed by atoms with Crippen LogP contribution in [-0.4, -0.2) is 29.9 Å². The molecule has 1 aromatic carbocycles. The Hall–Kier alpha value is -2.32. The number of amidine groups is 1. The Balaban J connectivity index is 1.91. The quantitative estimate of drug-likeness (QED) is 0.797. The highest BCUT2D eigenvalue weighted by atomic mass is 79.9. The summed E-state index contributed by atoms with van der Waals surface area (Å²) in [4.78, 5) is 20.9. The Morgan fingerprint density at radius 3 is 2.85 bits per heavy atom. The molecule has 26 heavy (non-hydrogen) atoms. The number of aryl methyl sites for hydroxylation is 1. The molecule has 0 radical (unpaired) electrons. The molecule has 2 aromatic rings. The zero-order chi connectivity index (χ0) is 18.9. The van der Waals surface area contributed by atoms with Gasteiger partial charge in [-0.1, -0.05) is 15.9 Å². The molecular formula is C18H18BrFN4O2. The van der Waals surface area contributed by atoms with Gasteiger partial charge in [0, 0.05) is 10.2 Å². The lowest BCUT2D eigenvalue weighted by atomic mass is 9.92. The molecule has 1 amide bonds. The molecule has 0 saturated heterocycles. The fourth-order valence-electron chi connectivity index (χ4n) is 2.82. The van der Waals surface area contributed by atoms with E-state index in [4.69, 9.17) is 10.5 Å². The van der Waals surface area contributed by atoms with Crippen molar-refractivity contribution in [3.05, 3.63) is 57.6 Å². The van der Waals surface area contributed by atoms with Crippen molar-refractivity contribution in [2.75, 3.05) is 18.5 Å². The molecule has 2 heterocycles. The number of anilines is 1. The van der Waals surface area contributed by atoms with Crippen LogP contribution in [0.2, 0.25) is 0 Å². The van der Waals surface area contributed by atoms with Crippen LogP contribution in [0.3, 0.4) is 0 Å². The molecular weight excluding hydrogens is 403 g/mol. The third-order valence-electron chi connectivity index (χ3n) is 4.06. The number of ether oxygens (including phenoxy) is 1. The topological polar surface area (TPSA) is 89.6 Å². The molecule has 0 saturated carbocycles. The summed E-state index contributed by atoms with van der Waals surface area (Å²) in [5, 5.41) is 2.79. The predicted octanol–water partition coefficient (Wildman–Crippen LogP) is 3.15. The maximum atomic E-state index is 13.2. The minimum Gasteiger partial charge on any atom is -0.386 e. The molecule has 0 spiro atoms. The lowest BCUT2D eigenvalue weighted by Crippen LogP contribution is -2.37. The third-order valence-corrected chi connectivity index (χ3v) is 4.52. The van der Waals surface area contributed by atoms with Gasteiger partial charge in [-0.05, 0) is 49.2 Å². The largest absolute Gasteiger partial charge is 0.386 e. The minimum atomic E-state index is -0.643. The van der Waals surface area contributed by atoms with Gasteiger partial charge in [-0.2, -0.15) is 0 Å². The third kappa shape index (κ3) is 3.91. The van der Waals surface area contributed by atoms with Crippen LogP contribution < -0.4 is 11.1 Å². The highest BCUT2D eigenvalue weighted by Gasteiger charge is 2.30. The number of aromatic nitrogens is 1. The molecule has 136 valence electrons. The molecule has 1 aliphatic heterocycles. The van der Waals surface area contributed by atoms with Crippen LogP contribution >= 0.6 is 15.9 Å². The van der Waals surface area contributed by atoms with E-state index < -0.39 is 17.3 Å². The highest BCUT2D eigenvalue weighted by molar-refractivity contribution is 9.10. The summed E-state index contributed by atoms with van der Waals surface area (Å²) in [5.74, 6) is -0.473. The number of nitrogens with one attached hydrogen (secondary N) is 1. The Kier molecular flexibility index (Phi) is 5.06. The summed E-state index contributed by atoms with van der Waals surface area (Å²) in [6, 6.07) is 6.75. The van der Waals surface area contributed by atoms with Crippen LogP contribution in [0.1, 0.15) is 28.5 Å². The number of nitrogens with zero attached hydrogens (tertiary/aromatic N) is 2. The molecule has 0 bridgehead atoms. The molecule has 8 heteroatoms. The van der Waals surface area contributed by atoms with Gasteiger partial charge in [-0.15, -0.1) is 0 Å². The van der Waals surface area contributed by atoms with E-state index in [1.54, 1.807) is 13.0 Å². The van der Waals surface area contributed by atoms with Gasteiger partial charge in [0.1, 0.15) is 29.5 Å². The first kappa shape index (κ1) is 18.5. The van der Waals surface area contributed by atoms with Crippen molar-refractivity contribution < 1.29 is 13.9 Å². The van der Waals surface area contributed by atoms with Crippen molar-refractivity contribution in [1.29, 1.82) is 0 Å². The zero-order valence-electron chi connectivity index (χ0n) is 14.3. The number of halogens is 2. The number of carbonyl (C=O) groups is 1. The first-order valence-electron chi connectivity index (χ1n) is 7.93. The summed E-state index contributed by atoms with van der Waals surface area (Å²) in [5.41, 5.74) is 7.20. The first-order valence-corrected chi connectivity index (χ1v) is 8.73. The summed E-state index contributed by atoms with van der Waals surface area (Å²) < 4.78 is 19.5. The van der Waals surface area contributed by atoms with Crippen molar-refractivity contribution in [2.24, 2.45) is 10.7 Å². The molecule has 1 aliphatic rings. The lowest BCUT2D eigenvalue weighted by molar-refractivity contribution is 0.102. The number of nitrogens with two attached hydrogens (primary N) is 1. The Morgan fingerprint density at radius 1 is 1.38 bits per heavy atom. The normalized spacial score (nSPS) is 19.8. The molecule has 0 aliphatic carbocycles. The Morgan fingerprint density at radius 2 is 2.15 bits per heavy atom. The molecule has 1 atom stereocenters. The van der Waals surface area contributed by atoms with Crippen molar-refractivity contribution >= 4 is 33.4 Å². The van der Waals surface area contributed by atoms with Crippen LogP contribution in [0, 0.1) is 12.7 Å². The molecule has 0 unspecified atom stereocenters. The molecule has 3 N–H and O–H groups in total. The lowest BCUT2D eigenvalue weighted by Gasteiger charge is -2.30. The van der Waals surface area contributed by atoms with E-state index in [0.29, 0.717) is 30.3 Å². The molecule has 1 aromatic heterocycles. The number of carbonyl (C=O) groups excluding carboxylic acids is 1. The van der Waals surface area contributed by atoms with Gasteiger partial charge < -0.3 is 15.8 Å². The van der Waals surface area contributed by atoms with Gasteiger partial charge in [-0.25, -0.2) is 9.37 Å². The Bertz CT molecular complexity index is 903. The van der Waals surface area contributed by atoms with Gasteiger partial charge in [-0.3, -0.25) is 9.79 Å². The van der Waals surface area contributed by atoms with Crippen LogP contribution in [0.15, 0.2) is 39.9 Å². The van der Waals surface area contributed by atoms with Gasteiger partial charge in [0.15, 0.2) is 0 Å². The van der Waals surface area contributed by atoms with Crippen molar-refractivity contribution in [3.63, 3.8) is 0 Å². The van der Waals surface area contributed by atoms with Crippen LogP contribution in [0.5, 0.6) is 0 Å². The summed E-state index contributed by atoms with van der Waals surface area (Å²) in [7, 11) is 0. The van der Waals surface area contributed by atoms with E-state index in [1.165, 1.54) is 6.07 Å². The molecule has 6 nitrogen and oxygen atoms in total. The predicted molar refractivity (Wildman–Crippen MR) is 101 cm³/mol. The van der Waals surface area contributed by atoms with E-state index >= 15 is 0 Å². The van der Waals surface area contributed by atoms with Gasteiger partial charge >= 0.3 is 0 Å². The second-order valence-electron chi connectivity index (χ2n) is 6.37. The smallest absolute Gasteiger partial charge is 0.274 e. The standard InChI is InChI=1S/C18H18BrFN4O2/c1-10-3-13(20)7-22-16(10)17(25)23-14-5-11(4-12(19)6-14)18(2)9-26-8-15(21)24-18/h3-7H,8-9H2,1-2H3,(H2,21,24)(H,23,25)/t18-/m0/s1.